The van der Waals surface area contributed by atoms with Crippen molar-refractivity contribution in [2.24, 2.45) is 5.92 Å². The fourth-order valence-electron chi connectivity index (χ4n) is 3.39. The van der Waals surface area contributed by atoms with E-state index in [9.17, 15) is 4.79 Å². The van der Waals surface area contributed by atoms with E-state index in [0.29, 0.717) is 18.0 Å². The number of hydrogen-bond donors (Lipinski definition) is 0. The van der Waals surface area contributed by atoms with E-state index in [0.717, 1.165) is 30.7 Å². The van der Waals surface area contributed by atoms with Gasteiger partial charge >= 0.3 is 0 Å². The maximum absolute atomic E-state index is 13.2. The van der Waals surface area contributed by atoms with Gasteiger partial charge in [0.15, 0.2) is 0 Å². The lowest BCUT2D eigenvalue weighted by Crippen LogP contribution is -2.39. The molecule has 2 heterocycles. The fourth-order valence-corrected chi connectivity index (χ4v) is 3.39. The summed E-state index contributed by atoms with van der Waals surface area (Å²) in [5, 5.41) is 7.90. The highest BCUT2D eigenvalue weighted by atomic mass is 16.2. The first kappa shape index (κ1) is 16.6. The van der Waals surface area contributed by atoms with Gasteiger partial charge in [-0.25, -0.2) is 0 Å². The van der Waals surface area contributed by atoms with Gasteiger partial charge in [0.05, 0.1) is 29.2 Å². The van der Waals surface area contributed by atoms with Crippen molar-refractivity contribution in [3.8, 4) is 0 Å². The van der Waals surface area contributed by atoms with E-state index in [-0.39, 0.29) is 11.9 Å². The van der Waals surface area contributed by atoms with Gasteiger partial charge in [0, 0.05) is 12.7 Å². The number of hydrogen-bond acceptors (Lipinski definition) is 4. The predicted octanol–water partition coefficient (Wildman–Crippen LogP) is 3.36. The highest BCUT2D eigenvalue weighted by Gasteiger charge is 2.31. The Labute approximate surface area is 143 Å². The maximum atomic E-state index is 13.2. The van der Waals surface area contributed by atoms with Crippen molar-refractivity contribution in [1.29, 1.82) is 0 Å². The second-order valence-corrected chi connectivity index (χ2v) is 6.89. The molecule has 24 heavy (non-hydrogen) atoms. The van der Waals surface area contributed by atoms with Crippen molar-refractivity contribution in [1.82, 2.24) is 20.1 Å². The molecule has 1 amide bonds. The Kier molecular flexibility index (Phi) is 4.88. The first-order valence-corrected chi connectivity index (χ1v) is 8.60. The first-order chi connectivity index (χ1) is 11.6. The maximum Gasteiger partial charge on any atom is 0.256 e. The van der Waals surface area contributed by atoms with E-state index in [4.69, 9.17) is 0 Å². The van der Waals surface area contributed by atoms with Crippen LogP contribution in [0.15, 0.2) is 30.6 Å². The van der Waals surface area contributed by atoms with Crippen LogP contribution in [0.5, 0.6) is 0 Å². The third-order valence-electron chi connectivity index (χ3n) is 4.39. The summed E-state index contributed by atoms with van der Waals surface area (Å²) in [5.41, 5.74) is 3.68. The van der Waals surface area contributed by atoms with E-state index in [1.807, 2.05) is 30.2 Å². The van der Waals surface area contributed by atoms with E-state index < -0.39 is 0 Å². The first-order valence-electron chi connectivity index (χ1n) is 8.60. The number of carbonyl (C=O) groups excluding carboxylic acids is 1. The van der Waals surface area contributed by atoms with Gasteiger partial charge in [-0.1, -0.05) is 19.9 Å². The zero-order valence-corrected chi connectivity index (χ0v) is 14.6. The second-order valence-electron chi connectivity index (χ2n) is 6.89. The monoisotopic (exact) mass is 324 g/mol. The number of pyridine rings is 1. The van der Waals surface area contributed by atoms with Crippen LogP contribution in [0.2, 0.25) is 0 Å². The molecule has 2 aromatic heterocycles. The van der Waals surface area contributed by atoms with Crippen molar-refractivity contribution in [2.75, 3.05) is 6.54 Å². The van der Waals surface area contributed by atoms with Crippen LogP contribution in [-0.2, 0) is 6.42 Å². The minimum atomic E-state index is 0.0187. The zero-order chi connectivity index (χ0) is 17.1. The molecule has 0 radical (unpaired) electrons. The highest BCUT2D eigenvalue weighted by Crippen LogP contribution is 2.34. The van der Waals surface area contributed by atoms with Gasteiger partial charge in [0.1, 0.15) is 0 Å². The Morgan fingerprint density at radius 1 is 1.42 bits per heavy atom. The molecule has 0 fully saturated rings. The fraction of sp³-hybridized carbons (Fsp3) is 0.474. The molecule has 0 bridgehead atoms. The molecular formula is C19H24N4O. The molecule has 0 saturated carbocycles. The molecule has 0 N–H and O–H groups in total. The second kappa shape index (κ2) is 7.07. The molecule has 0 aliphatic heterocycles. The van der Waals surface area contributed by atoms with Crippen molar-refractivity contribution in [3.63, 3.8) is 0 Å². The molecule has 3 rings (SSSR count). The smallest absolute Gasteiger partial charge is 0.256 e. The Bertz CT molecular complexity index is 729. The van der Waals surface area contributed by atoms with E-state index >= 15 is 0 Å². The lowest BCUT2D eigenvalue weighted by molar-refractivity contribution is 0.0622. The van der Waals surface area contributed by atoms with Gasteiger partial charge in [-0.3, -0.25) is 9.78 Å². The number of carbonyl (C=O) groups is 1. The van der Waals surface area contributed by atoms with Crippen LogP contribution in [0.3, 0.4) is 0 Å². The van der Waals surface area contributed by atoms with Crippen LogP contribution in [0.4, 0.5) is 0 Å². The van der Waals surface area contributed by atoms with E-state index in [2.05, 4.69) is 35.1 Å². The molecule has 2 aromatic rings. The van der Waals surface area contributed by atoms with Gasteiger partial charge in [-0.15, -0.1) is 0 Å². The molecule has 0 saturated heterocycles. The molecule has 5 nitrogen and oxygen atoms in total. The van der Waals surface area contributed by atoms with Crippen molar-refractivity contribution in [3.05, 3.63) is 53.1 Å². The summed E-state index contributed by atoms with van der Waals surface area (Å²) in [6.45, 7) is 6.84. The summed E-state index contributed by atoms with van der Waals surface area (Å²) in [5.74, 6) is 0.407. The van der Waals surface area contributed by atoms with E-state index in [1.165, 1.54) is 5.56 Å². The highest BCUT2D eigenvalue weighted by molar-refractivity contribution is 5.94. The molecule has 0 spiro atoms. The summed E-state index contributed by atoms with van der Waals surface area (Å²) in [7, 11) is 0. The molecule has 1 unspecified atom stereocenters. The minimum Gasteiger partial charge on any atom is -0.330 e. The van der Waals surface area contributed by atoms with Crippen LogP contribution in [0.1, 0.15) is 60.0 Å². The number of nitrogens with zero attached hydrogens (tertiary/aromatic N) is 4. The molecule has 5 heteroatoms. The average molecular weight is 324 g/mol. The molecule has 1 atom stereocenters. The van der Waals surface area contributed by atoms with Gasteiger partial charge < -0.3 is 4.90 Å². The van der Waals surface area contributed by atoms with E-state index in [1.54, 1.807) is 6.20 Å². The molecule has 126 valence electrons. The largest absolute Gasteiger partial charge is 0.330 e. The average Bonchev–Trinajstić information content (AvgIpc) is 2.58. The predicted molar refractivity (Wildman–Crippen MR) is 92.6 cm³/mol. The molecule has 1 aliphatic carbocycles. The van der Waals surface area contributed by atoms with Gasteiger partial charge in [0.25, 0.3) is 5.91 Å². The number of aryl methyl sites for hydroxylation is 2. The SMILES string of the molecule is Cc1cc(C(=O)N(CC(C)C)C2CCCc3cccnc32)cnn1. The van der Waals surface area contributed by atoms with Crippen LogP contribution >= 0.6 is 0 Å². The lowest BCUT2D eigenvalue weighted by Gasteiger charge is -2.36. The molecular weight excluding hydrogens is 300 g/mol. The quantitative estimate of drug-likeness (QED) is 0.865. The van der Waals surface area contributed by atoms with Gasteiger partial charge in [0.2, 0.25) is 0 Å². The van der Waals surface area contributed by atoms with Crippen LogP contribution in [-0.4, -0.2) is 32.5 Å². The standard InChI is InChI=1S/C19H24N4O/c1-13(2)12-23(19(24)16-10-14(3)22-21-11-16)17-8-4-6-15-7-5-9-20-18(15)17/h5,7,9-11,13,17H,4,6,8,12H2,1-3H3. The number of amides is 1. The molecule has 0 aromatic carbocycles. The third-order valence-corrected chi connectivity index (χ3v) is 4.39. The van der Waals surface area contributed by atoms with Crippen LogP contribution in [0.25, 0.3) is 0 Å². The van der Waals surface area contributed by atoms with Crippen molar-refractivity contribution in [2.45, 2.75) is 46.1 Å². The Morgan fingerprint density at radius 2 is 2.25 bits per heavy atom. The summed E-state index contributed by atoms with van der Waals surface area (Å²) >= 11 is 0. The lowest BCUT2D eigenvalue weighted by atomic mass is 9.90. The summed E-state index contributed by atoms with van der Waals surface area (Å²) in [6, 6.07) is 5.96. The van der Waals surface area contributed by atoms with Crippen LogP contribution < -0.4 is 0 Å². The number of aromatic nitrogens is 3. The summed E-state index contributed by atoms with van der Waals surface area (Å²) in [4.78, 5) is 19.8. The van der Waals surface area contributed by atoms with Crippen molar-refractivity contribution >= 4 is 5.91 Å². The Hall–Kier alpha value is -2.30. The van der Waals surface area contributed by atoms with Gasteiger partial charge in [-0.05, 0) is 49.8 Å². The summed E-state index contributed by atoms with van der Waals surface area (Å²) in [6.07, 6.45) is 6.47. The Balaban J connectivity index is 1.97. The van der Waals surface area contributed by atoms with Crippen molar-refractivity contribution < 1.29 is 4.79 Å². The number of fused-ring (bicyclic) bond motifs is 1. The Morgan fingerprint density at radius 3 is 3.00 bits per heavy atom. The van der Waals surface area contributed by atoms with Gasteiger partial charge in [-0.2, -0.15) is 10.2 Å². The normalized spacial score (nSPS) is 16.8. The minimum absolute atomic E-state index is 0.0187. The third kappa shape index (κ3) is 3.45. The molecule has 1 aliphatic rings. The number of rotatable bonds is 4. The summed E-state index contributed by atoms with van der Waals surface area (Å²) < 4.78 is 0. The topological polar surface area (TPSA) is 59.0 Å². The van der Waals surface area contributed by atoms with Crippen LogP contribution in [0, 0.1) is 12.8 Å². The zero-order valence-electron chi connectivity index (χ0n) is 14.6.